The van der Waals surface area contributed by atoms with E-state index in [0.29, 0.717) is 29.7 Å². The second kappa shape index (κ2) is 9.80. The number of halogens is 1. The third-order valence-corrected chi connectivity index (χ3v) is 4.00. The zero-order valence-electron chi connectivity index (χ0n) is 16.0. The van der Waals surface area contributed by atoms with Gasteiger partial charge >= 0.3 is 0 Å². The first-order chi connectivity index (χ1) is 13.3. The number of hydrogen-bond donors (Lipinski definition) is 2. The molecule has 7 heteroatoms. The normalized spacial score (nSPS) is 10.9. The van der Waals surface area contributed by atoms with Crippen molar-refractivity contribution in [1.29, 1.82) is 0 Å². The highest BCUT2D eigenvalue weighted by molar-refractivity contribution is 6.34. The first-order valence-corrected chi connectivity index (χ1v) is 9.07. The summed E-state index contributed by atoms with van der Waals surface area (Å²) in [5, 5.41) is 2.85. The van der Waals surface area contributed by atoms with Gasteiger partial charge in [0.15, 0.2) is 11.5 Å². The summed E-state index contributed by atoms with van der Waals surface area (Å²) in [6.07, 6.45) is 3.04. The number of primary amides is 1. The predicted octanol–water partition coefficient (Wildman–Crippen LogP) is 4.13. The van der Waals surface area contributed by atoms with Crippen molar-refractivity contribution < 1.29 is 19.1 Å². The Bertz CT molecular complexity index is 894. The summed E-state index contributed by atoms with van der Waals surface area (Å²) in [7, 11) is 1.57. The second-order valence-corrected chi connectivity index (χ2v) is 6.90. The van der Waals surface area contributed by atoms with Crippen molar-refractivity contribution >= 4 is 35.2 Å². The molecule has 2 amide bonds. The van der Waals surface area contributed by atoms with Gasteiger partial charge in [-0.25, -0.2) is 0 Å². The lowest BCUT2D eigenvalue weighted by Crippen LogP contribution is -2.12. The van der Waals surface area contributed by atoms with Crippen LogP contribution >= 0.6 is 11.6 Å². The van der Waals surface area contributed by atoms with Crippen LogP contribution < -0.4 is 20.5 Å². The standard InChI is InChI=1S/C21H23ClN2O4/c1-13(2)12-28-18-8-4-14(10-19(18)27-3)5-9-20(25)24-15-6-7-16(21(23)26)17(22)11-15/h4-11,13H,12H2,1-3H3,(H2,23,26)(H,24,25)/b9-5+. The van der Waals surface area contributed by atoms with Gasteiger partial charge in [0.1, 0.15) is 0 Å². The maximum Gasteiger partial charge on any atom is 0.250 e. The van der Waals surface area contributed by atoms with Gasteiger partial charge in [-0.2, -0.15) is 0 Å². The lowest BCUT2D eigenvalue weighted by molar-refractivity contribution is -0.111. The van der Waals surface area contributed by atoms with E-state index in [1.165, 1.54) is 18.2 Å². The average molecular weight is 403 g/mol. The predicted molar refractivity (Wildman–Crippen MR) is 111 cm³/mol. The maximum atomic E-state index is 12.1. The number of carbonyl (C=O) groups is 2. The number of nitrogens with two attached hydrogens (primary N) is 1. The minimum Gasteiger partial charge on any atom is -0.493 e. The molecule has 0 fully saturated rings. The van der Waals surface area contributed by atoms with Gasteiger partial charge in [0.2, 0.25) is 11.8 Å². The van der Waals surface area contributed by atoms with Crippen LogP contribution in [-0.4, -0.2) is 25.5 Å². The van der Waals surface area contributed by atoms with E-state index >= 15 is 0 Å². The molecule has 0 aliphatic heterocycles. The lowest BCUT2D eigenvalue weighted by Gasteiger charge is -2.12. The Morgan fingerprint density at radius 1 is 1.18 bits per heavy atom. The van der Waals surface area contributed by atoms with Crippen LogP contribution in [0.2, 0.25) is 5.02 Å². The molecular weight excluding hydrogens is 380 g/mol. The van der Waals surface area contributed by atoms with E-state index in [2.05, 4.69) is 19.2 Å². The number of rotatable bonds is 8. The zero-order chi connectivity index (χ0) is 20.7. The Balaban J connectivity index is 2.05. The Morgan fingerprint density at radius 3 is 2.54 bits per heavy atom. The fraction of sp³-hybridized carbons (Fsp3) is 0.238. The summed E-state index contributed by atoms with van der Waals surface area (Å²) < 4.78 is 11.1. The summed E-state index contributed by atoms with van der Waals surface area (Å²) in [6, 6.07) is 9.92. The van der Waals surface area contributed by atoms with Crippen LogP contribution in [0.3, 0.4) is 0 Å². The van der Waals surface area contributed by atoms with Gasteiger partial charge in [-0.1, -0.05) is 31.5 Å². The first kappa shape index (κ1) is 21.3. The summed E-state index contributed by atoms with van der Waals surface area (Å²) in [5.74, 6) is 0.678. The largest absolute Gasteiger partial charge is 0.493 e. The molecule has 0 atom stereocenters. The molecule has 2 aromatic carbocycles. The number of amides is 2. The highest BCUT2D eigenvalue weighted by Gasteiger charge is 2.09. The van der Waals surface area contributed by atoms with Crippen molar-refractivity contribution in [1.82, 2.24) is 0 Å². The van der Waals surface area contributed by atoms with Gasteiger partial charge in [-0.3, -0.25) is 9.59 Å². The van der Waals surface area contributed by atoms with Crippen molar-refractivity contribution in [3.63, 3.8) is 0 Å². The zero-order valence-corrected chi connectivity index (χ0v) is 16.7. The molecule has 0 unspecified atom stereocenters. The minimum atomic E-state index is -0.627. The fourth-order valence-electron chi connectivity index (χ4n) is 2.31. The van der Waals surface area contributed by atoms with Gasteiger partial charge in [0.25, 0.3) is 0 Å². The third kappa shape index (κ3) is 6.03. The molecular formula is C21H23ClN2O4. The molecule has 0 aliphatic rings. The molecule has 6 nitrogen and oxygen atoms in total. The summed E-state index contributed by atoms with van der Waals surface area (Å²) in [4.78, 5) is 23.3. The minimum absolute atomic E-state index is 0.177. The van der Waals surface area contributed by atoms with Crippen LogP contribution in [0.1, 0.15) is 29.8 Å². The molecule has 0 aliphatic carbocycles. The molecule has 28 heavy (non-hydrogen) atoms. The maximum absolute atomic E-state index is 12.1. The molecule has 0 radical (unpaired) electrons. The molecule has 0 spiro atoms. The van der Waals surface area contributed by atoms with Gasteiger partial charge in [-0.15, -0.1) is 0 Å². The number of carbonyl (C=O) groups excluding carboxylic acids is 2. The van der Waals surface area contributed by atoms with Crippen molar-refractivity contribution in [2.45, 2.75) is 13.8 Å². The van der Waals surface area contributed by atoms with Crippen LogP contribution in [0.4, 0.5) is 5.69 Å². The molecule has 148 valence electrons. The van der Waals surface area contributed by atoms with Gasteiger partial charge < -0.3 is 20.5 Å². The van der Waals surface area contributed by atoms with Gasteiger partial charge in [-0.05, 0) is 47.9 Å². The third-order valence-electron chi connectivity index (χ3n) is 3.69. The van der Waals surface area contributed by atoms with E-state index in [0.717, 1.165) is 5.56 Å². The van der Waals surface area contributed by atoms with Crippen molar-refractivity contribution in [3.05, 3.63) is 58.6 Å². The van der Waals surface area contributed by atoms with Crippen LogP contribution in [0, 0.1) is 5.92 Å². The molecule has 0 bridgehead atoms. The highest BCUT2D eigenvalue weighted by atomic mass is 35.5. The molecule has 3 N–H and O–H groups in total. The first-order valence-electron chi connectivity index (χ1n) is 8.69. The number of ether oxygens (including phenoxy) is 2. The summed E-state index contributed by atoms with van der Waals surface area (Å²) in [6.45, 7) is 4.72. The van der Waals surface area contributed by atoms with Crippen LogP contribution in [0.25, 0.3) is 6.08 Å². The van der Waals surface area contributed by atoms with E-state index in [-0.39, 0.29) is 16.5 Å². The summed E-state index contributed by atoms with van der Waals surface area (Å²) >= 11 is 5.98. The average Bonchev–Trinajstić information content (AvgIpc) is 2.64. The van der Waals surface area contributed by atoms with E-state index in [1.54, 1.807) is 31.4 Å². The summed E-state index contributed by atoms with van der Waals surface area (Å²) in [5.41, 5.74) is 6.64. The quantitative estimate of drug-likeness (QED) is 0.649. The number of methoxy groups -OCH3 is 1. The van der Waals surface area contributed by atoms with Crippen LogP contribution in [-0.2, 0) is 4.79 Å². The molecule has 0 saturated heterocycles. The number of benzene rings is 2. The van der Waals surface area contributed by atoms with Crippen LogP contribution in [0.5, 0.6) is 11.5 Å². The lowest BCUT2D eigenvalue weighted by atomic mass is 10.1. The Morgan fingerprint density at radius 2 is 1.93 bits per heavy atom. The van der Waals surface area contributed by atoms with Crippen molar-refractivity contribution in [2.75, 3.05) is 19.0 Å². The molecule has 2 rings (SSSR count). The molecule has 0 saturated carbocycles. The molecule has 2 aromatic rings. The Kier molecular flexibility index (Phi) is 7.46. The SMILES string of the molecule is COc1cc(/C=C/C(=O)Nc2ccc(C(N)=O)c(Cl)c2)ccc1OCC(C)C. The van der Waals surface area contributed by atoms with Crippen molar-refractivity contribution in [3.8, 4) is 11.5 Å². The van der Waals surface area contributed by atoms with Gasteiger partial charge in [0.05, 0.1) is 24.3 Å². The van der Waals surface area contributed by atoms with Crippen molar-refractivity contribution in [2.24, 2.45) is 11.7 Å². The highest BCUT2D eigenvalue weighted by Crippen LogP contribution is 2.29. The smallest absolute Gasteiger partial charge is 0.250 e. The fourth-order valence-corrected chi connectivity index (χ4v) is 2.59. The number of nitrogens with one attached hydrogen (secondary N) is 1. The van der Waals surface area contributed by atoms with E-state index in [9.17, 15) is 9.59 Å². The van der Waals surface area contributed by atoms with E-state index in [1.807, 2.05) is 6.07 Å². The van der Waals surface area contributed by atoms with E-state index in [4.69, 9.17) is 26.8 Å². The Labute approximate surface area is 169 Å². The Hall–Kier alpha value is -2.99. The van der Waals surface area contributed by atoms with Crippen LogP contribution in [0.15, 0.2) is 42.5 Å². The molecule has 0 heterocycles. The topological polar surface area (TPSA) is 90.6 Å². The number of anilines is 1. The molecule has 0 aromatic heterocycles. The van der Waals surface area contributed by atoms with E-state index < -0.39 is 5.91 Å². The monoisotopic (exact) mass is 402 g/mol. The second-order valence-electron chi connectivity index (χ2n) is 6.50. The van der Waals surface area contributed by atoms with Gasteiger partial charge in [0, 0.05) is 11.8 Å². The number of hydrogen-bond acceptors (Lipinski definition) is 4.